The van der Waals surface area contributed by atoms with Gasteiger partial charge < -0.3 is 20.4 Å². The second kappa shape index (κ2) is 10.3. The first kappa shape index (κ1) is 23.7. The van der Waals surface area contributed by atoms with Crippen molar-refractivity contribution in [3.63, 3.8) is 0 Å². The molecular formula is C26H27N7O2S. The lowest BCUT2D eigenvalue weighted by Gasteiger charge is -2.34. The topological polar surface area (TPSA) is 95.4 Å². The zero-order valence-electron chi connectivity index (χ0n) is 20.1. The quantitative estimate of drug-likeness (QED) is 0.416. The van der Waals surface area contributed by atoms with Crippen LogP contribution in [0.25, 0.3) is 5.69 Å². The number of likely N-dealkylation sites (N-methyl/N-ethyl adjacent to an activating group) is 1. The van der Waals surface area contributed by atoms with E-state index in [2.05, 4.69) is 49.7 Å². The molecule has 2 N–H and O–H groups in total. The molecule has 5 rings (SSSR count). The van der Waals surface area contributed by atoms with Crippen molar-refractivity contribution in [1.29, 1.82) is 0 Å². The Morgan fingerprint density at radius 1 is 0.861 bits per heavy atom. The number of aromatic nitrogens is 3. The Hall–Kier alpha value is -4.02. The number of piperazine rings is 1. The molecule has 1 saturated heterocycles. The minimum Gasteiger partial charge on any atom is -0.369 e. The molecule has 1 fully saturated rings. The van der Waals surface area contributed by atoms with Crippen molar-refractivity contribution >= 4 is 40.2 Å². The molecule has 36 heavy (non-hydrogen) atoms. The van der Waals surface area contributed by atoms with E-state index in [0.29, 0.717) is 15.4 Å². The number of benzene rings is 2. The number of carbonyl (C=O) groups is 2. The molecule has 0 radical (unpaired) electrons. The second-order valence-electron chi connectivity index (χ2n) is 8.75. The number of anilines is 3. The lowest BCUT2D eigenvalue weighted by molar-refractivity contribution is 0.102. The Bertz CT molecular complexity index is 1360. The van der Waals surface area contributed by atoms with E-state index in [-0.39, 0.29) is 11.8 Å². The summed E-state index contributed by atoms with van der Waals surface area (Å²) in [5.74, 6) is -0.494. The molecule has 184 valence electrons. The fourth-order valence-corrected chi connectivity index (χ4v) is 4.84. The van der Waals surface area contributed by atoms with Gasteiger partial charge >= 0.3 is 0 Å². The summed E-state index contributed by atoms with van der Waals surface area (Å²) in [4.78, 5) is 35.1. The van der Waals surface area contributed by atoms with Gasteiger partial charge in [-0.25, -0.2) is 9.67 Å². The normalized spacial score (nSPS) is 14.0. The van der Waals surface area contributed by atoms with Crippen molar-refractivity contribution in [1.82, 2.24) is 19.7 Å². The molecule has 0 unspecified atom stereocenters. The van der Waals surface area contributed by atoms with Gasteiger partial charge in [-0.1, -0.05) is 0 Å². The summed E-state index contributed by atoms with van der Waals surface area (Å²) in [6.07, 6.45) is 3.07. The first-order valence-electron chi connectivity index (χ1n) is 11.7. The number of hydrogen-bond acceptors (Lipinski definition) is 7. The van der Waals surface area contributed by atoms with Gasteiger partial charge in [0.25, 0.3) is 11.8 Å². The van der Waals surface area contributed by atoms with Gasteiger partial charge in [0.1, 0.15) is 12.7 Å². The molecule has 3 heterocycles. The molecule has 0 bridgehead atoms. The fourth-order valence-electron chi connectivity index (χ4n) is 4.05. The van der Waals surface area contributed by atoms with Gasteiger partial charge in [-0.15, -0.1) is 11.3 Å². The number of rotatable bonds is 6. The number of carbonyl (C=O) groups excluding carboxylic acids is 2. The van der Waals surface area contributed by atoms with E-state index in [0.717, 1.165) is 54.5 Å². The Balaban J connectivity index is 1.20. The number of amides is 2. The molecule has 0 spiro atoms. The van der Waals surface area contributed by atoms with Gasteiger partial charge in [-0.05, 0) is 74.1 Å². The number of hydrogen-bond donors (Lipinski definition) is 2. The SMILES string of the molecule is Cc1cc(N2CCN(C)CC2)ccc1NC(=O)c1ccc(C(=O)Nc2ccc(-n3cncn3)cc2)s1. The maximum atomic E-state index is 12.9. The van der Waals surface area contributed by atoms with Crippen LogP contribution in [0, 0.1) is 6.92 Å². The molecule has 2 aromatic carbocycles. The van der Waals surface area contributed by atoms with Crippen molar-refractivity contribution in [2.45, 2.75) is 6.92 Å². The van der Waals surface area contributed by atoms with Crippen LogP contribution in [0.4, 0.5) is 17.1 Å². The van der Waals surface area contributed by atoms with Crippen molar-refractivity contribution in [3.8, 4) is 5.69 Å². The molecule has 2 aromatic heterocycles. The van der Waals surface area contributed by atoms with Crippen LogP contribution in [-0.4, -0.2) is 64.7 Å². The van der Waals surface area contributed by atoms with E-state index in [4.69, 9.17) is 0 Å². The Labute approximate surface area is 213 Å². The summed E-state index contributed by atoms with van der Waals surface area (Å²) < 4.78 is 1.64. The maximum absolute atomic E-state index is 12.9. The third-order valence-electron chi connectivity index (χ3n) is 6.19. The highest BCUT2D eigenvalue weighted by atomic mass is 32.1. The van der Waals surface area contributed by atoms with Crippen molar-refractivity contribution in [2.24, 2.45) is 0 Å². The van der Waals surface area contributed by atoms with E-state index in [1.807, 2.05) is 25.1 Å². The van der Waals surface area contributed by atoms with Crippen LogP contribution in [0.3, 0.4) is 0 Å². The lowest BCUT2D eigenvalue weighted by atomic mass is 10.1. The molecule has 0 atom stereocenters. The van der Waals surface area contributed by atoms with Gasteiger partial charge in [-0.3, -0.25) is 9.59 Å². The van der Waals surface area contributed by atoms with Crippen molar-refractivity contribution in [3.05, 3.63) is 82.6 Å². The average molecular weight is 502 g/mol. The van der Waals surface area contributed by atoms with Crippen LogP contribution in [0.15, 0.2) is 67.3 Å². The van der Waals surface area contributed by atoms with Crippen LogP contribution in [0.5, 0.6) is 0 Å². The second-order valence-corrected chi connectivity index (χ2v) is 9.83. The predicted octanol–water partition coefficient (Wildman–Crippen LogP) is 3.89. The Morgan fingerprint density at radius 2 is 1.53 bits per heavy atom. The van der Waals surface area contributed by atoms with E-state index < -0.39 is 0 Å². The Morgan fingerprint density at radius 3 is 2.17 bits per heavy atom. The predicted molar refractivity (Wildman–Crippen MR) is 142 cm³/mol. The smallest absolute Gasteiger partial charge is 0.265 e. The highest BCUT2D eigenvalue weighted by Gasteiger charge is 2.17. The first-order valence-corrected chi connectivity index (χ1v) is 12.5. The summed E-state index contributed by atoms with van der Waals surface area (Å²) in [7, 11) is 2.14. The first-order chi connectivity index (χ1) is 17.5. The zero-order valence-corrected chi connectivity index (χ0v) is 21.0. The van der Waals surface area contributed by atoms with E-state index in [9.17, 15) is 9.59 Å². The van der Waals surface area contributed by atoms with E-state index in [1.54, 1.807) is 35.3 Å². The summed E-state index contributed by atoms with van der Waals surface area (Å²) in [5, 5.41) is 9.94. The minimum absolute atomic E-state index is 0.230. The molecular weight excluding hydrogens is 474 g/mol. The number of nitrogens with one attached hydrogen (secondary N) is 2. The summed E-state index contributed by atoms with van der Waals surface area (Å²) >= 11 is 1.16. The zero-order chi connectivity index (χ0) is 25.1. The maximum Gasteiger partial charge on any atom is 0.265 e. The molecule has 2 amide bonds. The summed E-state index contributed by atoms with van der Waals surface area (Å²) in [6.45, 7) is 6.07. The lowest BCUT2D eigenvalue weighted by Crippen LogP contribution is -2.44. The van der Waals surface area contributed by atoms with Gasteiger partial charge in [-0.2, -0.15) is 5.10 Å². The fraction of sp³-hybridized carbons (Fsp3) is 0.231. The summed E-state index contributed by atoms with van der Waals surface area (Å²) in [6, 6.07) is 16.7. The van der Waals surface area contributed by atoms with Gasteiger partial charge in [0, 0.05) is 43.2 Å². The standard InChI is InChI=1S/C26H27N7O2S/c1-18-15-21(32-13-11-31(2)12-14-32)7-8-22(18)30-26(35)24-10-9-23(36-24)25(34)29-19-3-5-20(6-4-19)33-17-27-16-28-33/h3-10,15-17H,11-14H2,1-2H3,(H,29,34)(H,30,35). The highest BCUT2D eigenvalue weighted by molar-refractivity contribution is 7.16. The third kappa shape index (κ3) is 5.29. The summed E-state index contributed by atoms with van der Waals surface area (Å²) in [5.41, 5.74) is 4.43. The largest absolute Gasteiger partial charge is 0.369 e. The van der Waals surface area contributed by atoms with Gasteiger partial charge in [0.2, 0.25) is 0 Å². The monoisotopic (exact) mass is 501 g/mol. The molecule has 0 saturated carbocycles. The van der Waals surface area contributed by atoms with E-state index >= 15 is 0 Å². The van der Waals surface area contributed by atoms with Crippen LogP contribution in [-0.2, 0) is 0 Å². The Kier molecular flexibility index (Phi) is 6.79. The molecule has 9 nitrogen and oxygen atoms in total. The molecule has 0 aliphatic carbocycles. The molecule has 4 aromatic rings. The van der Waals surface area contributed by atoms with Crippen molar-refractivity contribution < 1.29 is 9.59 Å². The van der Waals surface area contributed by atoms with Crippen LogP contribution in [0.1, 0.15) is 24.9 Å². The average Bonchev–Trinajstić information content (AvgIpc) is 3.59. The van der Waals surface area contributed by atoms with Gasteiger partial charge in [0.15, 0.2) is 0 Å². The highest BCUT2D eigenvalue weighted by Crippen LogP contribution is 2.25. The molecule has 1 aliphatic heterocycles. The number of thiophene rings is 1. The van der Waals surface area contributed by atoms with Crippen LogP contribution >= 0.6 is 11.3 Å². The van der Waals surface area contributed by atoms with Crippen LogP contribution in [0.2, 0.25) is 0 Å². The third-order valence-corrected chi connectivity index (χ3v) is 7.27. The van der Waals surface area contributed by atoms with Crippen LogP contribution < -0.4 is 15.5 Å². The minimum atomic E-state index is -0.264. The molecule has 10 heteroatoms. The van der Waals surface area contributed by atoms with Gasteiger partial charge in [0.05, 0.1) is 15.4 Å². The van der Waals surface area contributed by atoms with E-state index in [1.165, 1.54) is 12.0 Å². The molecule has 1 aliphatic rings. The number of nitrogens with zero attached hydrogens (tertiary/aromatic N) is 5. The number of aryl methyl sites for hydroxylation is 1. The van der Waals surface area contributed by atoms with Crippen molar-refractivity contribution in [2.75, 3.05) is 48.8 Å².